The third kappa shape index (κ3) is 6.00. The van der Waals surface area contributed by atoms with E-state index in [2.05, 4.69) is 38.8 Å². The summed E-state index contributed by atoms with van der Waals surface area (Å²) in [4.78, 5) is 19.1. The van der Waals surface area contributed by atoms with E-state index in [-0.39, 0.29) is 5.91 Å². The number of hydrogen-bond acceptors (Lipinski definition) is 6. The van der Waals surface area contributed by atoms with Crippen LogP contribution >= 0.6 is 22.9 Å². The molecule has 0 bridgehead atoms. The lowest BCUT2D eigenvalue weighted by Crippen LogP contribution is -2.26. The van der Waals surface area contributed by atoms with Gasteiger partial charge in [0.2, 0.25) is 5.91 Å². The molecule has 2 aliphatic heterocycles. The van der Waals surface area contributed by atoms with Gasteiger partial charge in [0.15, 0.2) is 5.82 Å². The topological polar surface area (TPSA) is 75.4 Å². The monoisotopic (exact) mass is 512 g/mol. The van der Waals surface area contributed by atoms with Crippen molar-refractivity contribution in [1.82, 2.24) is 25.0 Å². The number of nitrogens with one attached hydrogen (secondary N) is 1. The third-order valence-electron chi connectivity index (χ3n) is 6.42. The molecule has 0 radical (unpaired) electrons. The van der Waals surface area contributed by atoms with E-state index in [0.717, 1.165) is 52.5 Å². The second-order valence-electron chi connectivity index (χ2n) is 9.02. The van der Waals surface area contributed by atoms with Crippen molar-refractivity contribution < 1.29 is 4.79 Å². The van der Waals surface area contributed by atoms with Gasteiger partial charge in [-0.1, -0.05) is 23.7 Å². The Hall–Kier alpha value is -2.55. The summed E-state index contributed by atoms with van der Waals surface area (Å²) in [6.07, 6.45) is 3.78. The third-order valence-corrected chi connectivity index (χ3v) is 7.86. The minimum atomic E-state index is 0.0800. The molecule has 1 N–H and O–H groups in total. The standard InChI is InChI=1S/C17H15ClN4S.C9H18N2O/c1-9-10(2)23-17-15(9)16(12-4-6-13(18)7-5-12)19-8-14-21-20-11(3)22(14)17;1-9(12)10-5-4-8-11-6-2-3-7-11/h4-7H,8H2,1-3H3;2-8H2,1H3,(H,10,12). The second-order valence-corrected chi connectivity index (χ2v) is 10.7. The second kappa shape index (κ2) is 11.5. The number of aliphatic imine (C=N–C) groups is 1. The zero-order valence-electron chi connectivity index (χ0n) is 20.9. The Morgan fingerprint density at radius 3 is 2.51 bits per heavy atom. The largest absolute Gasteiger partial charge is 0.356 e. The first-order valence-corrected chi connectivity index (χ1v) is 13.3. The number of carbonyl (C=O) groups is 1. The fraction of sp³-hybridized carbons (Fsp3) is 0.462. The Balaban J connectivity index is 0.000000204. The molecule has 186 valence electrons. The number of aromatic nitrogens is 3. The molecule has 9 heteroatoms. The smallest absolute Gasteiger partial charge is 0.216 e. The lowest BCUT2D eigenvalue weighted by Gasteiger charge is -2.13. The Morgan fingerprint density at radius 2 is 1.83 bits per heavy atom. The van der Waals surface area contributed by atoms with Crippen LogP contribution in [0.4, 0.5) is 0 Å². The van der Waals surface area contributed by atoms with Gasteiger partial charge in [0.25, 0.3) is 0 Å². The highest BCUT2D eigenvalue weighted by atomic mass is 35.5. The molecule has 7 nitrogen and oxygen atoms in total. The minimum Gasteiger partial charge on any atom is -0.356 e. The van der Waals surface area contributed by atoms with Gasteiger partial charge >= 0.3 is 0 Å². The first-order chi connectivity index (χ1) is 16.8. The van der Waals surface area contributed by atoms with Crippen LogP contribution in [0.25, 0.3) is 5.00 Å². The van der Waals surface area contributed by atoms with Gasteiger partial charge < -0.3 is 10.2 Å². The Labute approximate surface area is 216 Å². The molecule has 1 saturated heterocycles. The highest BCUT2D eigenvalue weighted by Gasteiger charge is 2.26. The average Bonchev–Trinajstić information content (AvgIpc) is 3.52. The molecule has 1 fully saturated rings. The van der Waals surface area contributed by atoms with Gasteiger partial charge in [-0.2, -0.15) is 0 Å². The van der Waals surface area contributed by atoms with E-state index in [9.17, 15) is 4.79 Å². The molecule has 1 aromatic carbocycles. The van der Waals surface area contributed by atoms with Gasteiger partial charge in [-0.15, -0.1) is 21.5 Å². The Morgan fingerprint density at radius 1 is 1.11 bits per heavy atom. The number of benzene rings is 1. The Kier molecular flexibility index (Phi) is 8.36. The molecule has 0 spiro atoms. The van der Waals surface area contributed by atoms with Crippen molar-refractivity contribution in [2.24, 2.45) is 4.99 Å². The van der Waals surface area contributed by atoms with E-state index in [4.69, 9.17) is 16.6 Å². The number of halogens is 1. The first kappa shape index (κ1) is 25.5. The predicted octanol–water partition coefficient (Wildman–Crippen LogP) is 4.87. The summed E-state index contributed by atoms with van der Waals surface area (Å²) in [7, 11) is 0. The summed E-state index contributed by atoms with van der Waals surface area (Å²) in [5.41, 5.74) is 4.52. The molecule has 0 atom stereocenters. The van der Waals surface area contributed by atoms with Crippen LogP contribution in [0.5, 0.6) is 0 Å². The maximum atomic E-state index is 10.5. The molecule has 2 aliphatic rings. The van der Waals surface area contributed by atoms with E-state index in [0.29, 0.717) is 6.54 Å². The van der Waals surface area contributed by atoms with Gasteiger partial charge in [0.05, 0.1) is 5.71 Å². The van der Waals surface area contributed by atoms with E-state index in [1.54, 1.807) is 18.3 Å². The normalized spacial score (nSPS) is 14.9. The highest BCUT2D eigenvalue weighted by molar-refractivity contribution is 7.15. The molecular weight excluding hydrogens is 480 g/mol. The molecule has 5 rings (SSSR count). The van der Waals surface area contributed by atoms with Crippen molar-refractivity contribution >= 4 is 34.6 Å². The lowest BCUT2D eigenvalue weighted by molar-refractivity contribution is -0.118. The number of likely N-dealkylation sites (tertiary alicyclic amines) is 1. The molecule has 0 saturated carbocycles. The van der Waals surface area contributed by atoms with Crippen LogP contribution in [0.1, 0.15) is 59.4 Å². The fourth-order valence-electron chi connectivity index (χ4n) is 4.46. The van der Waals surface area contributed by atoms with Crippen molar-refractivity contribution in [2.75, 3.05) is 26.2 Å². The van der Waals surface area contributed by atoms with E-state index >= 15 is 0 Å². The summed E-state index contributed by atoms with van der Waals surface area (Å²) in [5.74, 6) is 1.86. The van der Waals surface area contributed by atoms with Gasteiger partial charge in [0, 0.05) is 34.5 Å². The average molecular weight is 513 g/mol. The fourth-order valence-corrected chi connectivity index (χ4v) is 5.82. The first-order valence-electron chi connectivity index (χ1n) is 12.1. The summed E-state index contributed by atoms with van der Waals surface area (Å²) in [6, 6.07) is 7.86. The molecule has 0 aliphatic carbocycles. The van der Waals surface area contributed by atoms with E-state index < -0.39 is 0 Å². The number of aryl methyl sites for hydroxylation is 2. The molecule has 1 amide bonds. The number of amides is 1. The SMILES string of the molecule is CC(=O)NCCCN1CCCC1.Cc1sc2c(c1C)C(c1ccc(Cl)cc1)=NCc1nnc(C)n1-2. The Bertz CT molecular complexity index is 1210. The van der Waals surface area contributed by atoms with Crippen LogP contribution in [0.15, 0.2) is 29.3 Å². The van der Waals surface area contributed by atoms with Crippen molar-refractivity contribution in [1.29, 1.82) is 0 Å². The van der Waals surface area contributed by atoms with Crippen molar-refractivity contribution in [3.63, 3.8) is 0 Å². The summed E-state index contributed by atoms with van der Waals surface area (Å²) < 4.78 is 2.13. The van der Waals surface area contributed by atoms with Crippen LogP contribution in [0.3, 0.4) is 0 Å². The van der Waals surface area contributed by atoms with Gasteiger partial charge in [0.1, 0.15) is 17.4 Å². The molecular formula is C26H33ClN6OS. The predicted molar refractivity (Wildman–Crippen MR) is 143 cm³/mol. The lowest BCUT2D eigenvalue weighted by atomic mass is 10.00. The summed E-state index contributed by atoms with van der Waals surface area (Å²) >= 11 is 7.80. The molecule has 4 heterocycles. The van der Waals surface area contributed by atoms with Crippen LogP contribution in [-0.4, -0.2) is 57.5 Å². The maximum Gasteiger partial charge on any atom is 0.216 e. The minimum absolute atomic E-state index is 0.0800. The zero-order valence-corrected chi connectivity index (χ0v) is 22.5. The van der Waals surface area contributed by atoms with Crippen molar-refractivity contribution in [3.8, 4) is 5.00 Å². The van der Waals surface area contributed by atoms with E-state index in [1.807, 2.05) is 31.2 Å². The number of hydrogen-bond donors (Lipinski definition) is 1. The quantitative estimate of drug-likeness (QED) is 0.495. The number of nitrogens with zero attached hydrogens (tertiary/aromatic N) is 5. The number of carbonyl (C=O) groups excluding carboxylic acids is 1. The maximum absolute atomic E-state index is 10.5. The molecule has 0 unspecified atom stereocenters. The molecule has 3 aromatic rings. The molecule has 35 heavy (non-hydrogen) atoms. The number of fused-ring (bicyclic) bond motifs is 3. The summed E-state index contributed by atoms with van der Waals surface area (Å²) in [5, 5.41) is 13.2. The number of thiophene rings is 1. The zero-order chi connectivity index (χ0) is 24.9. The van der Waals surface area contributed by atoms with Gasteiger partial charge in [-0.3, -0.25) is 14.4 Å². The van der Waals surface area contributed by atoms with Gasteiger partial charge in [-0.05, 0) is 77.4 Å². The molecule has 2 aromatic heterocycles. The highest BCUT2D eigenvalue weighted by Crippen LogP contribution is 2.36. The van der Waals surface area contributed by atoms with Crippen molar-refractivity contribution in [2.45, 2.75) is 53.5 Å². The van der Waals surface area contributed by atoms with Crippen LogP contribution in [0, 0.1) is 20.8 Å². The van der Waals surface area contributed by atoms with Crippen LogP contribution < -0.4 is 5.32 Å². The number of rotatable bonds is 5. The summed E-state index contributed by atoms with van der Waals surface area (Å²) in [6.45, 7) is 12.8. The van der Waals surface area contributed by atoms with Crippen LogP contribution in [0.2, 0.25) is 5.02 Å². The van der Waals surface area contributed by atoms with Crippen molar-refractivity contribution in [3.05, 3.63) is 62.5 Å². The van der Waals surface area contributed by atoms with Crippen LogP contribution in [-0.2, 0) is 11.3 Å². The van der Waals surface area contributed by atoms with Gasteiger partial charge in [-0.25, -0.2) is 0 Å². The van der Waals surface area contributed by atoms with E-state index in [1.165, 1.54) is 41.9 Å².